The van der Waals surface area contributed by atoms with E-state index in [9.17, 15) is 5.26 Å². The summed E-state index contributed by atoms with van der Waals surface area (Å²) in [5.74, 6) is 0.617. The Balaban J connectivity index is 1.64. The van der Waals surface area contributed by atoms with Gasteiger partial charge in [0.15, 0.2) is 0 Å². The van der Waals surface area contributed by atoms with Crippen LogP contribution in [-0.4, -0.2) is 34.2 Å². The van der Waals surface area contributed by atoms with Crippen molar-refractivity contribution in [3.8, 4) is 28.6 Å². The quantitative estimate of drug-likeness (QED) is 0.537. The third-order valence-electron chi connectivity index (χ3n) is 5.89. The van der Waals surface area contributed by atoms with Gasteiger partial charge in [0.25, 0.3) is 0 Å². The largest absolute Gasteiger partial charge is 0.275 e. The average molecular weight is 386 g/mol. The van der Waals surface area contributed by atoms with Gasteiger partial charge in [-0.1, -0.05) is 6.92 Å². The van der Waals surface area contributed by atoms with Crippen LogP contribution in [0.2, 0.25) is 0 Å². The summed E-state index contributed by atoms with van der Waals surface area (Å²) in [6, 6.07) is 2.35. The third-order valence-corrected chi connectivity index (χ3v) is 5.89. The molecule has 4 aromatic rings. The van der Waals surface area contributed by atoms with Crippen LogP contribution in [0.1, 0.15) is 31.7 Å². The Kier molecular flexibility index (Phi) is 3.81. The number of hydrogen-bond donors (Lipinski definition) is 0. The molecular weight excluding hydrogens is 364 g/mol. The summed E-state index contributed by atoms with van der Waals surface area (Å²) in [5.41, 5.74) is 5.34. The molecule has 0 saturated heterocycles. The molecule has 29 heavy (non-hydrogen) atoms. The van der Waals surface area contributed by atoms with Crippen LogP contribution >= 0.6 is 0 Å². The molecule has 1 saturated carbocycles. The van der Waals surface area contributed by atoms with Gasteiger partial charge in [0, 0.05) is 30.6 Å². The second-order valence-corrected chi connectivity index (χ2v) is 8.24. The van der Waals surface area contributed by atoms with Crippen molar-refractivity contribution in [2.75, 3.05) is 0 Å². The van der Waals surface area contributed by atoms with Gasteiger partial charge in [-0.15, -0.1) is 0 Å². The van der Waals surface area contributed by atoms with Crippen molar-refractivity contribution in [2.24, 2.45) is 13.0 Å². The van der Waals surface area contributed by atoms with E-state index in [2.05, 4.69) is 28.3 Å². The summed E-state index contributed by atoms with van der Waals surface area (Å²) < 4.78 is 5.61. The molecule has 0 spiro atoms. The summed E-state index contributed by atoms with van der Waals surface area (Å²) in [5, 5.41) is 22.7. The molecule has 1 aliphatic carbocycles. The van der Waals surface area contributed by atoms with Crippen LogP contribution in [0.4, 0.5) is 0 Å². The lowest BCUT2D eigenvalue weighted by Gasteiger charge is -2.45. The van der Waals surface area contributed by atoms with Crippen molar-refractivity contribution in [1.29, 1.82) is 5.26 Å². The Labute approximate surface area is 168 Å². The Morgan fingerprint density at radius 2 is 1.90 bits per heavy atom. The maximum Gasteiger partial charge on any atom is 0.100 e. The van der Waals surface area contributed by atoms with E-state index in [-0.39, 0.29) is 5.54 Å². The molecule has 1 fully saturated rings. The number of aromatic nitrogens is 7. The summed E-state index contributed by atoms with van der Waals surface area (Å²) in [4.78, 5) is 4.96. The molecule has 0 aliphatic heterocycles. The van der Waals surface area contributed by atoms with Crippen molar-refractivity contribution in [2.45, 2.75) is 38.6 Å². The number of aryl methyl sites for hydroxylation is 2. The van der Waals surface area contributed by atoms with Crippen molar-refractivity contribution in [3.63, 3.8) is 0 Å². The zero-order chi connectivity index (χ0) is 20.2. The summed E-state index contributed by atoms with van der Waals surface area (Å²) >= 11 is 0. The third kappa shape index (κ3) is 2.73. The highest BCUT2D eigenvalue weighted by Gasteiger charge is 2.44. The zero-order valence-corrected chi connectivity index (χ0v) is 16.7. The zero-order valence-electron chi connectivity index (χ0n) is 16.7. The fraction of sp³-hybridized carbons (Fsp3) is 0.381. The first-order valence-corrected chi connectivity index (χ1v) is 9.75. The Morgan fingerprint density at radius 1 is 1.10 bits per heavy atom. The summed E-state index contributed by atoms with van der Waals surface area (Å²) in [7, 11) is 1.89. The van der Waals surface area contributed by atoms with E-state index in [1.165, 1.54) is 0 Å². The second-order valence-electron chi connectivity index (χ2n) is 8.24. The normalized spacial score (nSPS) is 21.2. The van der Waals surface area contributed by atoms with E-state index in [1.54, 1.807) is 10.9 Å². The second kappa shape index (κ2) is 6.27. The molecule has 0 atom stereocenters. The van der Waals surface area contributed by atoms with Crippen molar-refractivity contribution >= 4 is 5.52 Å². The molecule has 4 aromatic heterocycles. The first kappa shape index (κ1) is 17.6. The molecular formula is C21H22N8. The Hall–Kier alpha value is -3.47. The maximum atomic E-state index is 9.33. The van der Waals surface area contributed by atoms with E-state index in [0.717, 1.165) is 46.4 Å². The minimum atomic E-state index is -0.195. The van der Waals surface area contributed by atoms with Crippen LogP contribution in [0.5, 0.6) is 0 Å². The number of nitrogens with zero attached hydrogens (tertiary/aromatic N) is 8. The summed E-state index contributed by atoms with van der Waals surface area (Å²) in [6.45, 7) is 4.25. The average Bonchev–Trinajstić information content (AvgIpc) is 3.40. The fourth-order valence-electron chi connectivity index (χ4n) is 4.56. The Bertz CT molecular complexity index is 1250. The molecule has 1 aliphatic rings. The molecule has 8 heteroatoms. The van der Waals surface area contributed by atoms with E-state index in [1.807, 2.05) is 54.2 Å². The van der Waals surface area contributed by atoms with Crippen LogP contribution in [0.25, 0.3) is 28.0 Å². The number of rotatable bonds is 4. The van der Waals surface area contributed by atoms with E-state index in [0.29, 0.717) is 12.3 Å². The van der Waals surface area contributed by atoms with E-state index in [4.69, 9.17) is 4.98 Å². The highest BCUT2D eigenvalue weighted by Crippen LogP contribution is 2.46. The molecule has 0 bridgehead atoms. The molecule has 0 aromatic carbocycles. The first-order chi connectivity index (χ1) is 14.0. The SMILES string of the molecule is Cc1cnn2cc(-c3cnn(C)c3)nc(-c3cnn(C4(CC#N)CC(C)C4)c3)c12. The van der Waals surface area contributed by atoms with E-state index < -0.39 is 0 Å². The molecule has 8 nitrogen and oxygen atoms in total. The fourth-order valence-corrected chi connectivity index (χ4v) is 4.56. The van der Waals surface area contributed by atoms with Crippen LogP contribution < -0.4 is 0 Å². The van der Waals surface area contributed by atoms with Gasteiger partial charge in [-0.2, -0.15) is 20.6 Å². The first-order valence-electron chi connectivity index (χ1n) is 9.75. The van der Waals surface area contributed by atoms with Gasteiger partial charge in [-0.3, -0.25) is 9.36 Å². The minimum absolute atomic E-state index is 0.195. The predicted octanol–water partition coefficient (Wildman–Crippen LogP) is 3.34. The molecule has 0 N–H and O–H groups in total. The van der Waals surface area contributed by atoms with Crippen molar-refractivity contribution < 1.29 is 0 Å². The summed E-state index contributed by atoms with van der Waals surface area (Å²) in [6.07, 6.45) is 13.8. The highest BCUT2D eigenvalue weighted by molar-refractivity contribution is 5.80. The van der Waals surface area contributed by atoms with Gasteiger partial charge < -0.3 is 0 Å². The maximum absolute atomic E-state index is 9.33. The molecule has 0 unspecified atom stereocenters. The van der Waals surface area contributed by atoms with Crippen LogP contribution in [0.3, 0.4) is 0 Å². The van der Waals surface area contributed by atoms with Crippen LogP contribution in [0, 0.1) is 24.2 Å². The molecule has 146 valence electrons. The minimum Gasteiger partial charge on any atom is -0.275 e. The number of nitriles is 1. The number of fused-ring (bicyclic) bond motifs is 1. The van der Waals surface area contributed by atoms with Gasteiger partial charge in [0.1, 0.15) is 5.69 Å². The topological polar surface area (TPSA) is 89.6 Å². The highest BCUT2D eigenvalue weighted by atomic mass is 15.3. The Morgan fingerprint density at radius 3 is 2.59 bits per heavy atom. The molecule has 4 heterocycles. The van der Waals surface area contributed by atoms with Gasteiger partial charge in [0.2, 0.25) is 0 Å². The molecule has 0 radical (unpaired) electrons. The molecule has 0 amide bonds. The lowest BCUT2D eigenvalue weighted by atomic mass is 9.67. The lowest BCUT2D eigenvalue weighted by molar-refractivity contribution is 0.0682. The van der Waals surface area contributed by atoms with Crippen molar-refractivity contribution in [3.05, 3.63) is 42.7 Å². The van der Waals surface area contributed by atoms with Crippen LogP contribution in [-0.2, 0) is 12.6 Å². The van der Waals surface area contributed by atoms with Crippen molar-refractivity contribution in [1.82, 2.24) is 34.2 Å². The standard InChI is InChI=1S/C21H22N8/c1-14-6-21(7-14,4-5-22)29-12-17(10-25-29)19-20-15(2)8-24-28(20)13-18(26-19)16-9-23-27(3)11-16/h8-14H,4,6-7H2,1-3H3. The number of hydrogen-bond acceptors (Lipinski definition) is 5. The monoisotopic (exact) mass is 386 g/mol. The predicted molar refractivity (Wildman–Crippen MR) is 108 cm³/mol. The van der Waals surface area contributed by atoms with Gasteiger partial charge in [-0.25, -0.2) is 9.50 Å². The van der Waals surface area contributed by atoms with Crippen LogP contribution in [0.15, 0.2) is 37.2 Å². The van der Waals surface area contributed by atoms with Gasteiger partial charge >= 0.3 is 0 Å². The smallest absolute Gasteiger partial charge is 0.100 e. The lowest BCUT2D eigenvalue weighted by Crippen LogP contribution is -2.45. The molecule has 5 rings (SSSR count). The van der Waals surface area contributed by atoms with Gasteiger partial charge in [0.05, 0.1) is 54.0 Å². The van der Waals surface area contributed by atoms with Gasteiger partial charge in [-0.05, 0) is 31.2 Å². The van der Waals surface area contributed by atoms with E-state index >= 15 is 0 Å².